The highest BCUT2D eigenvalue weighted by molar-refractivity contribution is 5.79. The summed E-state index contributed by atoms with van der Waals surface area (Å²) in [6, 6.07) is 11.4. The quantitative estimate of drug-likeness (QED) is 0.643. The van der Waals surface area contributed by atoms with Crippen LogP contribution in [0.2, 0.25) is 0 Å². The number of amides is 1. The van der Waals surface area contributed by atoms with Crippen LogP contribution in [0.3, 0.4) is 0 Å². The number of benzene rings is 1. The van der Waals surface area contributed by atoms with Gasteiger partial charge in [0.15, 0.2) is 0 Å². The number of carbonyl (C=O) groups is 1. The molecule has 8 nitrogen and oxygen atoms in total. The van der Waals surface area contributed by atoms with E-state index in [0.717, 1.165) is 47.6 Å². The number of anilines is 1. The van der Waals surface area contributed by atoms with Crippen LogP contribution in [0.1, 0.15) is 35.4 Å². The van der Waals surface area contributed by atoms with Crippen molar-refractivity contribution >= 4 is 11.6 Å². The first-order valence-corrected chi connectivity index (χ1v) is 11.0. The molecular weight excluding hydrogens is 404 g/mol. The molecule has 1 N–H and O–H groups in total. The molecule has 1 aliphatic rings. The van der Waals surface area contributed by atoms with Crippen molar-refractivity contribution in [3.05, 3.63) is 75.5 Å². The fourth-order valence-electron chi connectivity index (χ4n) is 4.29. The maximum atomic E-state index is 12.9. The Kier molecular flexibility index (Phi) is 6.39. The highest BCUT2D eigenvalue weighted by Crippen LogP contribution is 2.22. The summed E-state index contributed by atoms with van der Waals surface area (Å²) < 4.78 is 3.30. The van der Waals surface area contributed by atoms with Gasteiger partial charge in [-0.15, -0.1) is 0 Å². The summed E-state index contributed by atoms with van der Waals surface area (Å²) in [4.78, 5) is 27.6. The zero-order valence-electron chi connectivity index (χ0n) is 18.9. The Bertz CT molecular complexity index is 1150. The number of carbonyl (C=O) groups excluding carboxylic acids is 1. The lowest BCUT2D eigenvalue weighted by atomic mass is 9.96. The van der Waals surface area contributed by atoms with Crippen LogP contribution < -0.4 is 15.8 Å². The lowest BCUT2D eigenvalue weighted by Crippen LogP contribution is -2.43. The molecule has 0 spiro atoms. The van der Waals surface area contributed by atoms with Crippen molar-refractivity contribution in [3.63, 3.8) is 0 Å². The maximum Gasteiger partial charge on any atom is 0.269 e. The highest BCUT2D eigenvalue weighted by atomic mass is 16.2. The first-order valence-electron chi connectivity index (χ1n) is 11.0. The molecular formula is C24H30N6O2. The molecule has 0 radical (unpaired) electrons. The van der Waals surface area contributed by atoms with E-state index in [1.165, 1.54) is 4.68 Å². The van der Waals surface area contributed by atoms with E-state index in [-0.39, 0.29) is 17.4 Å². The second-order valence-corrected chi connectivity index (χ2v) is 8.47. The lowest BCUT2D eigenvalue weighted by molar-refractivity contribution is -0.125. The van der Waals surface area contributed by atoms with E-state index in [2.05, 4.69) is 20.4 Å². The Labute approximate surface area is 187 Å². The largest absolute Gasteiger partial charge is 0.369 e. The molecule has 1 amide bonds. The van der Waals surface area contributed by atoms with Gasteiger partial charge in [0, 0.05) is 44.0 Å². The molecule has 0 saturated carbocycles. The molecule has 1 saturated heterocycles. The number of nitrogens with zero attached hydrogens (tertiary/aromatic N) is 5. The van der Waals surface area contributed by atoms with E-state index in [4.69, 9.17) is 0 Å². The molecule has 0 bridgehead atoms. The van der Waals surface area contributed by atoms with Gasteiger partial charge in [-0.2, -0.15) is 10.2 Å². The monoisotopic (exact) mass is 434 g/mol. The van der Waals surface area contributed by atoms with Gasteiger partial charge < -0.3 is 10.2 Å². The molecule has 1 unspecified atom stereocenters. The van der Waals surface area contributed by atoms with Crippen LogP contribution in [0.25, 0.3) is 0 Å². The van der Waals surface area contributed by atoms with Crippen molar-refractivity contribution in [2.24, 2.45) is 13.0 Å². The van der Waals surface area contributed by atoms with Gasteiger partial charge in [0.25, 0.3) is 5.56 Å². The minimum Gasteiger partial charge on any atom is -0.369 e. The third-order valence-electron chi connectivity index (χ3n) is 6.29. The summed E-state index contributed by atoms with van der Waals surface area (Å²) in [7, 11) is 1.91. The van der Waals surface area contributed by atoms with E-state index in [0.29, 0.717) is 19.6 Å². The predicted molar refractivity (Wildman–Crippen MR) is 124 cm³/mol. The lowest BCUT2D eigenvalue weighted by Gasteiger charge is -2.33. The molecule has 2 aromatic heterocycles. The fourth-order valence-corrected chi connectivity index (χ4v) is 4.29. The maximum absolute atomic E-state index is 12.9. The van der Waals surface area contributed by atoms with E-state index in [1.54, 1.807) is 12.3 Å². The van der Waals surface area contributed by atoms with Gasteiger partial charge in [-0.1, -0.05) is 30.3 Å². The zero-order valence-corrected chi connectivity index (χ0v) is 18.9. The standard InChI is InChI=1S/C24H30N6O2/c1-17-22(18(2)28(3)27-17)14-25-24(32)20-10-7-11-29(16-20)21-12-23(31)30(26-13-21)15-19-8-5-4-6-9-19/h4-6,8-9,12-13,20H,7,10-11,14-16H2,1-3H3,(H,25,32). The Balaban J connectivity index is 1.39. The Morgan fingerprint density at radius 3 is 2.69 bits per heavy atom. The number of hydrogen-bond acceptors (Lipinski definition) is 5. The van der Waals surface area contributed by atoms with Gasteiger partial charge in [0.05, 0.1) is 30.0 Å². The van der Waals surface area contributed by atoms with Crippen LogP contribution in [0.5, 0.6) is 0 Å². The normalized spacial score (nSPS) is 16.2. The van der Waals surface area contributed by atoms with Crippen LogP contribution >= 0.6 is 0 Å². The van der Waals surface area contributed by atoms with Gasteiger partial charge in [-0.05, 0) is 32.3 Å². The molecule has 1 fully saturated rings. The average Bonchev–Trinajstić information content (AvgIpc) is 3.05. The number of aryl methyl sites for hydroxylation is 2. The first-order chi connectivity index (χ1) is 15.4. The van der Waals surface area contributed by atoms with Crippen molar-refractivity contribution in [1.29, 1.82) is 0 Å². The second-order valence-electron chi connectivity index (χ2n) is 8.47. The summed E-state index contributed by atoms with van der Waals surface area (Å²) in [5.74, 6) is -0.0736. The third-order valence-corrected chi connectivity index (χ3v) is 6.29. The van der Waals surface area contributed by atoms with Gasteiger partial charge in [0.2, 0.25) is 5.91 Å². The SMILES string of the molecule is Cc1nn(C)c(C)c1CNC(=O)C1CCCN(c2cnn(Cc3ccccc3)c(=O)c2)C1. The van der Waals surface area contributed by atoms with Gasteiger partial charge in [0.1, 0.15) is 0 Å². The minimum absolute atomic E-state index is 0.0442. The van der Waals surface area contributed by atoms with Gasteiger partial charge in [-0.25, -0.2) is 4.68 Å². The summed E-state index contributed by atoms with van der Waals surface area (Å²) in [6.07, 6.45) is 3.47. The van der Waals surface area contributed by atoms with Crippen molar-refractivity contribution in [1.82, 2.24) is 24.9 Å². The Morgan fingerprint density at radius 2 is 2.00 bits per heavy atom. The topological polar surface area (TPSA) is 85.1 Å². The number of piperidine rings is 1. The van der Waals surface area contributed by atoms with E-state index < -0.39 is 0 Å². The second kappa shape index (κ2) is 9.38. The predicted octanol–water partition coefficient (Wildman–Crippen LogP) is 2.17. The Hall–Kier alpha value is -3.42. The highest BCUT2D eigenvalue weighted by Gasteiger charge is 2.26. The van der Waals surface area contributed by atoms with Crippen molar-refractivity contribution in [2.45, 2.75) is 39.8 Å². The van der Waals surface area contributed by atoms with Gasteiger partial charge >= 0.3 is 0 Å². The summed E-state index contributed by atoms with van der Waals surface area (Å²) in [6.45, 7) is 6.30. The summed E-state index contributed by atoms with van der Waals surface area (Å²) in [5, 5.41) is 11.9. The van der Waals surface area contributed by atoms with E-state index >= 15 is 0 Å². The molecule has 4 rings (SSSR count). The van der Waals surface area contributed by atoms with Crippen molar-refractivity contribution in [2.75, 3.05) is 18.0 Å². The van der Waals surface area contributed by atoms with Crippen LogP contribution in [0.4, 0.5) is 5.69 Å². The summed E-state index contributed by atoms with van der Waals surface area (Å²) >= 11 is 0. The molecule has 3 heterocycles. The van der Waals surface area contributed by atoms with Crippen molar-refractivity contribution in [3.8, 4) is 0 Å². The Morgan fingerprint density at radius 1 is 1.22 bits per heavy atom. The average molecular weight is 435 g/mol. The molecule has 32 heavy (non-hydrogen) atoms. The van der Waals surface area contributed by atoms with Crippen LogP contribution in [0.15, 0.2) is 47.4 Å². The smallest absolute Gasteiger partial charge is 0.269 e. The summed E-state index contributed by atoms with van der Waals surface area (Å²) in [5.41, 5.74) is 4.74. The minimum atomic E-state index is -0.138. The van der Waals surface area contributed by atoms with E-state index in [9.17, 15) is 9.59 Å². The number of nitrogens with one attached hydrogen (secondary N) is 1. The van der Waals surface area contributed by atoms with Crippen LogP contribution in [-0.4, -0.2) is 38.6 Å². The molecule has 1 aliphatic heterocycles. The fraction of sp³-hybridized carbons (Fsp3) is 0.417. The van der Waals surface area contributed by atoms with E-state index in [1.807, 2.05) is 55.9 Å². The van der Waals surface area contributed by atoms with Crippen molar-refractivity contribution < 1.29 is 4.79 Å². The molecule has 168 valence electrons. The third kappa shape index (κ3) is 4.74. The first kappa shape index (κ1) is 21.8. The van der Waals surface area contributed by atoms with Gasteiger partial charge in [-0.3, -0.25) is 14.3 Å². The number of hydrogen-bond donors (Lipinski definition) is 1. The molecule has 3 aromatic rings. The molecule has 8 heteroatoms. The molecule has 1 aromatic carbocycles. The number of rotatable bonds is 6. The molecule has 0 aliphatic carbocycles. The molecule has 1 atom stereocenters. The number of aromatic nitrogens is 4. The van der Waals surface area contributed by atoms with Crippen LogP contribution in [0, 0.1) is 19.8 Å². The van der Waals surface area contributed by atoms with Crippen LogP contribution in [-0.2, 0) is 24.9 Å². The zero-order chi connectivity index (χ0) is 22.7.